The van der Waals surface area contributed by atoms with Gasteiger partial charge in [-0.15, -0.1) is 11.3 Å². The first kappa shape index (κ1) is 17.5. The number of halogens is 1. The summed E-state index contributed by atoms with van der Waals surface area (Å²) in [4.78, 5) is 20.6. The van der Waals surface area contributed by atoms with Gasteiger partial charge in [-0.3, -0.25) is 9.69 Å². The van der Waals surface area contributed by atoms with Gasteiger partial charge in [0.2, 0.25) is 0 Å². The maximum atomic E-state index is 13.2. The zero-order valence-electron chi connectivity index (χ0n) is 14.3. The van der Waals surface area contributed by atoms with Gasteiger partial charge in [0.25, 0.3) is 5.91 Å². The highest BCUT2D eigenvalue weighted by Crippen LogP contribution is 2.28. The standard InChI is InChI=1S/C18H20FN3O3S/c19-14-1-3-15(4-2-14)22-12-18(25-10-17(22)23)11-21(6-7-24-13-18)9-16-20-5-8-26-16/h1-5,8H,6-7,9-13H2/t18-/m1/s1. The SMILES string of the molecule is O=C1CO[C@@]2(COCCN(Cc3nccs3)C2)CN1c1ccc(F)cc1. The van der Waals surface area contributed by atoms with Crippen molar-refractivity contribution in [3.8, 4) is 0 Å². The Balaban J connectivity index is 1.53. The quantitative estimate of drug-likeness (QED) is 0.818. The van der Waals surface area contributed by atoms with Crippen molar-refractivity contribution >= 4 is 22.9 Å². The molecule has 3 heterocycles. The number of hydrogen-bond acceptors (Lipinski definition) is 6. The summed E-state index contributed by atoms with van der Waals surface area (Å²) < 4.78 is 25.0. The second-order valence-electron chi connectivity index (χ2n) is 6.62. The van der Waals surface area contributed by atoms with Gasteiger partial charge in [0.05, 0.1) is 26.3 Å². The monoisotopic (exact) mass is 377 g/mol. The van der Waals surface area contributed by atoms with Crippen LogP contribution < -0.4 is 4.90 Å². The predicted octanol–water partition coefficient (Wildman–Crippen LogP) is 1.92. The van der Waals surface area contributed by atoms with Gasteiger partial charge in [0.1, 0.15) is 23.0 Å². The first-order valence-electron chi connectivity index (χ1n) is 8.52. The van der Waals surface area contributed by atoms with E-state index in [0.717, 1.165) is 18.1 Å². The molecule has 2 aromatic rings. The highest BCUT2D eigenvalue weighted by Gasteiger charge is 2.43. The van der Waals surface area contributed by atoms with Crippen LogP contribution in [0.15, 0.2) is 35.8 Å². The molecule has 1 spiro atoms. The summed E-state index contributed by atoms with van der Waals surface area (Å²) in [6, 6.07) is 5.97. The molecule has 1 aromatic carbocycles. The number of morpholine rings is 1. The van der Waals surface area contributed by atoms with Gasteiger partial charge < -0.3 is 14.4 Å². The molecule has 2 saturated heterocycles. The lowest BCUT2D eigenvalue weighted by Crippen LogP contribution is -2.60. The molecule has 1 aromatic heterocycles. The summed E-state index contributed by atoms with van der Waals surface area (Å²) in [6.45, 7) is 3.58. The van der Waals surface area contributed by atoms with Crippen molar-refractivity contribution in [2.75, 3.05) is 44.4 Å². The van der Waals surface area contributed by atoms with Crippen LogP contribution in [0.5, 0.6) is 0 Å². The van der Waals surface area contributed by atoms with Crippen LogP contribution in [0, 0.1) is 5.82 Å². The average Bonchev–Trinajstić information content (AvgIpc) is 3.07. The minimum Gasteiger partial charge on any atom is -0.377 e. The number of amides is 1. The Hall–Kier alpha value is -1.87. The molecule has 26 heavy (non-hydrogen) atoms. The molecule has 138 valence electrons. The second-order valence-corrected chi connectivity index (χ2v) is 7.60. The lowest BCUT2D eigenvalue weighted by Gasteiger charge is -2.43. The third kappa shape index (κ3) is 3.78. The Labute approximate surface area is 155 Å². The van der Waals surface area contributed by atoms with Gasteiger partial charge >= 0.3 is 0 Å². The van der Waals surface area contributed by atoms with E-state index in [0.29, 0.717) is 32.0 Å². The van der Waals surface area contributed by atoms with Gasteiger partial charge in [-0.1, -0.05) is 0 Å². The zero-order valence-corrected chi connectivity index (χ0v) is 15.1. The van der Waals surface area contributed by atoms with Gasteiger partial charge in [-0.25, -0.2) is 9.37 Å². The Kier molecular flexibility index (Phi) is 4.99. The number of benzene rings is 1. The molecule has 1 amide bonds. The van der Waals surface area contributed by atoms with Gasteiger partial charge in [-0.05, 0) is 24.3 Å². The third-order valence-corrected chi connectivity index (χ3v) is 5.42. The molecular formula is C18H20FN3O3S. The largest absolute Gasteiger partial charge is 0.377 e. The van der Waals surface area contributed by atoms with Crippen LogP contribution in [0.4, 0.5) is 10.1 Å². The molecule has 0 saturated carbocycles. The van der Waals surface area contributed by atoms with Crippen LogP contribution in [0.3, 0.4) is 0 Å². The fourth-order valence-corrected chi connectivity index (χ4v) is 4.05. The maximum Gasteiger partial charge on any atom is 0.253 e. The van der Waals surface area contributed by atoms with E-state index in [2.05, 4.69) is 9.88 Å². The minimum absolute atomic E-state index is 0.00811. The predicted molar refractivity (Wildman–Crippen MR) is 95.6 cm³/mol. The second kappa shape index (κ2) is 7.40. The van der Waals surface area contributed by atoms with Crippen LogP contribution in [0.2, 0.25) is 0 Å². The van der Waals surface area contributed by atoms with Crippen molar-refractivity contribution in [3.63, 3.8) is 0 Å². The number of thiazole rings is 1. The summed E-state index contributed by atoms with van der Waals surface area (Å²) in [7, 11) is 0. The van der Waals surface area contributed by atoms with Crippen LogP contribution >= 0.6 is 11.3 Å². The number of anilines is 1. The van der Waals surface area contributed by atoms with Crippen molar-refractivity contribution in [1.29, 1.82) is 0 Å². The molecule has 0 aliphatic carbocycles. The fourth-order valence-electron chi connectivity index (χ4n) is 3.40. The van der Waals surface area contributed by atoms with E-state index in [9.17, 15) is 9.18 Å². The molecule has 2 aliphatic heterocycles. The van der Waals surface area contributed by atoms with Crippen LogP contribution in [-0.4, -0.2) is 60.8 Å². The molecule has 8 heteroatoms. The molecule has 6 nitrogen and oxygen atoms in total. The lowest BCUT2D eigenvalue weighted by atomic mass is 10.0. The molecular weight excluding hydrogens is 357 g/mol. The molecule has 0 radical (unpaired) electrons. The van der Waals surface area contributed by atoms with Crippen LogP contribution in [-0.2, 0) is 20.8 Å². The van der Waals surface area contributed by atoms with Crippen molar-refractivity contribution in [1.82, 2.24) is 9.88 Å². The molecule has 2 fully saturated rings. The Morgan fingerprint density at radius 3 is 2.88 bits per heavy atom. The normalized spacial score (nSPS) is 24.8. The zero-order chi connectivity index (χ0) is 18.0. The molecule has 2 aliphatic rings. The minimum atomic E-state index is -0.601. The number of rotatable bonds is 3. The smallest absolute Gasteiger partial charge is 0.253 e. The summed E-state index contributed by atoms with van der Waals surface area (Å²) in [5, 5.41) is 3.01. The molecule has 4 rings (SSSR count). The number of ether oxygens (including phenoxy) is 2. The number of nitrogens with zero attached hydrogens (tertiary/aromatic N) is 3. The Bertz CT molecular complexity index is 756. The van der Waals surface area contributed by atoms with E-state index >= 15 is 0 Å². The maximum absolute atomic E-state index is 13.2. The van der Waals surface area contributed by atoms with Gasteiger partial charge in [-0.2, -0.15) is 0 Å². The lowest BCUT2D eigenvalue weighted by molar-refractivity contribution is -0.146. The first-order valence-corrected chi connectivity index (χ1v) is 9.40. The highest BCUT2D eigenvalue weighted by molar-refractivity contribution is 7.09. The van der Waals surface area contributed by atoms with E-state index in [1.54, 1.807) is 34.6 Å². The first-order chi connectivity index (χ1) is 12.6. The van der Waals surface area contributed by atoms with Crippen molar-refractivity contribution in [2.24, 2.45) is 0 Å². The van der Waals surface area contributed by atoms with Crippen molar-refractivity contribution in [3.05, 3.63) is 46.7 Å². The topological polar surface area (TPSA) is 54.9 Å². The highest BCUT2D eigenvalue weighted by atomic mass is 32.1. The number of carbonyl (C=O) groups excluding carboxylic acids is 1. The Morgan fingerprint density at radius 2 is 2.12 bits per heavy atom. The molecule has 1 atom stereocenters. The fraction of sp³-hybridized carbons (Fsp3) is 0.444. The molecule has 0 bridgehead atoms. The molecule has 0 N–H and O–H groups in total. The third-order valence-electron chi connectivity index (χ3n) is 4.66. The summed E-state index contributed by atoms with van der Waals surface area (Å²) in [5.74, 6) is -0.449. The van der Waals surface area contributed by atoms with Crippen molar-refractivity contribution < 1.29 is 18.7 Å². The molecule has 0 unspecified atom stereocenters. The summed E-state index contributed by atoms with van der Waals surface area (Å²) >= 11 is 1.62. The van der Waals surface area contributed by atoms with E-state index in [-0.39, 0.29) is 18.3 Å². The Morgan fingerprint density at radius 1 is 1.27 bits per heavy atom. The number of hydrogen-bond donors (Lipinski definition) is 0. The van der Waals surface area contributed by atoms with Crippen LogP contribution in [0.1, 0.15) is 5.01 Å². The van der Waals surface area contributed by atoms with Crippen LogP contribution in [0.25, 0.3) is 0 Å². The number of aromatic nitrogens is 1. The van der Waals surface area contributed by atoms with E-state index in [1.807, 2.05) is 5.38 Å². The summed E-state index contributed by atoms with van der Waals surface area (Å²) in [6.07, 6.45) is 1.80. The van der Waals surface area contributed by atoms with E-state index in [1.165, 1.54) is 12.1 Å². The van der Waals surface area contributed by atoms with Crippen molar-refractivity contribution in [2.45, 2.75) is 12.1 Å². The van der Waals surface area contributed by atoms with E-state index in [4.69, 9.17) is 9.47 Å². The number of carbonyl (C=O) groups is 1. The summed E-state index contributed by atoms with van der Waals surface area (Å²) in [5.41, 5.74) is 0.0746. The van der Waals surface area contributed by atoms with E-state index < -0.39 is 5.60 Å². The van der Waals surface area contributed by atoms with Gasteiger partial charge in [0.15, 0.2) is 0 Å². The van der Waals surface area contributed by atoms with Gasteiger partial charge in [0, 0.05) is 30.4 Å². The average molecular weight is 377 g/mol.